The first-order valence-electron chi connectivity index (χ1n) is 4.52. The van der Waals surface area contributed by atoms with Gasteiger partial charge in [-0.25, -0.2) is 0 Å². The zero-order valence-electron chi connectivity index (χ0n) is 8.41. The summed E-state index contributed by atoms with van der Waals surface area (Å²) in [6.07, 6.45) is 0. The smallest absolute Gasteiger partial charge is 0.253 e. The van der Waals surface area contributed by atoms with E-state index in [1.165, 1.54) is 0 Å². The van der Waals surface area contributed by atoms with Crippen molar-refractivity contribution >= 4 is 23.2 Å². The molecule has 0 bridgehead atoms. The molecule has 0 N–H and O–H groups in total. The van der Waals surface area contributed by atoms with Crippen LogP contribution in [0.2, 0.25) is 10.0 Å². The van der Waals surface area contributed by atoms with Crippen LogP contribution in [0.25, 0.3) is 0 Å². The standard InChI is InChI=1S/C10H8Cl2N2O2/c1-6-13-14-9(16-6)5-15-8-4-2-3-7(11)10(8)12/h2-4H,5H2,1H3. The van der Waals surface area contributed by atoms with Gasteiger partial charge >= 0.3 is 0 Å². The normalized spacial score (nSPS) is 10.4. The Morgan fingerprint density at radius 2 is 2.12 bits per heavy atom. The summed E-state index contributed by atoms with van der Waals surface area (Å²) in [6.45, 7) is 1.88. The van der Waals surface area contributed by atoms with Crippen molar-refractivity contribution in [3.63, 3.8) is 0 Å². The van der Waals surface area contributed by atoms with E-state index in [1.54, 1.807) is 25.1 Å². The lowest BCUT2D eigenvalue weighted by Gasteiger charge is -2.05. The van der Waals surface area contributed by atoms with Gasteiger partial charge < -0.3 is 9.15 Å². The van der Waals surface area contributed by atoms with Crippen LogP contribution in [-0.4, -0.2) is 10.2 Å². The summed E-state index contributed by atoms with van der Waals surface area (Å²) in [5.74, 6) is 1.38. The molecule has 0 unspecified atom stereocenters. The molecule has 0 amide bonds. The Morgan fingerprint density at radius 3 is 2.81 bits per heavy atom. The number of nitrogens with zero attached hydrogens (tertiary/aromatic N) is 2. The third-order valence-electron chi connectivity index (χ3n) is 1.84. The van der Waals surface area contributed by atoms with Crippen LogP contribution in [-0.2, 0) is 6.61 Å². The second-order valence-electron chi connectivity index (χ2n) is 3.06. The number of hydrogen-bond acceptors (Lipinski definition) is 4. The number of halogens is 2. The molecule has 84 valence electrons. The molecule has 0 saturated carbocycles. The minimum absolute atomic E-state index is 0.168. The lowest BCUT2D eigenvalue weighted by atomic mass is 10.3. The number of hydrogen-bond donors (Lipinski definition) is 0. The van der Waals surface area contributed by atoms with Crippen LogP contribution in [0.5, 0.6) is 5.75 Å². The maximum absolute atomic E-state index is 5.94. The Bertz CT molecular complexity index is 499. The highest BCUT2D eigenvalue weighted by Crippen LogP contribution is 2.31. The van der Waals surface area contributed by atoms with Gasteiger partial charge in [0, 0.05) is 6.92 Å². The molecule has 16 heavy (non-hydrogen) atoms. The predicted octanol–water partition coefficient (Wildman–Crippen LogP) is 3.26. The van der Waals surface area contributed by atoms with Crippen molar-refractivity contribution in [2.24, 2.45) is 0 Å². The first-order chi connectivity index (χ1) is 7.66. The molecule has 0 fully saturated rings. The van der Waals surface area contributed by atoms with Crippen molar-refractivity contribution in [1.29, 1.82) is 0 Å². The van der Waals surface area contributed by atoms with Crippen molar-refractivity contribution in [3.05, 3.63) is 40.0 Å². The molecule has 6 heteroatoms. The molecule has 2 rings (SSSR count). The fraction of sp³-hybridized carbons (Fsp3) is 0.200. The number of rotatable bonds is 3. The van der Waals surface area contributed by atoms with Gasteiger partial charge in [-0.3, -0.25) is 0 Å². The zero-order chi connectivity index (χ0) is 11.5. The maximum atomic E-state index is 5.94. The Kier molecular flexibility index (Phi) is 3.31. The summed E-state index contributed by atoms with van der Waals surface area (Å²) < 4.78 is 10.6. The van der Waals surface area contributed by atoms with Crippen LogP contribution in [0.1, 0.15) is 11.8 Å². The van der Waals surface area contributed by atoms with Gasteiger partial charge in [-0.2, -0.15) is 0 Å². The van der Waals surface area contributed by atoms with Gasteiger partial charge in [-0.15, -0.1) is 10.2 Å². The van der Waals surface area contributed by atoms with Crippen molar-refractivity contribution in [3.8, 4) is 5.75 Å². The van der Waals surface area contributed by atoms with Crippen molar-refractivity contribution in [2.75, 3.05) is 0 Å². The van der Waals surface area contributed by atoms with Crippen molar-refractivity contribution in [2.45, 2.75) is 13.5 Å². The molecule has 0 atom stereocenters. The Labute approximate surface area is 102 Å². The molecule has 0 aliphatic rings. The molecule has 0 radical (unpaired) electrons. The van der Waals surface area contributed by atoms with Gasteiger partial charge in [0.1, 0.15) is 10.8 Å². The topological polar surface area (TPSA) is 48.2 Å². The van der Waals surface area contributed by atoms with E-state index >= 15 is 0 Å². The molecular weight excluding hydrogens is 251 g/mol. The zero-order valence-corrected chi connectivity index (χ0v) is 9.92. The summed E-state index contributed by atoms with van der Waals surface area (Å²) in [5, 5.41) is 8.30. The van der Waals surface area contributed by atoms with Crippen LogP contribution in [0.4, 0.5) is 0 Å². The minimum Gasteiger partial charge on any atom is -0.482 e. The molecule has 1 aromatic carbocycles. The van der Waals surface area contributed by atoms with Crippen molar-refractivity contribution < 1.29 is 9.15 Å². The summed E-state index contributed by atoms with van der Waals surface area (Å²) >= 11 is 11.8. The molecule has 1 heterocycles. The van der Waals surface area contributed by atoms with Gasteiger partial charge in [0.2, 0.25) is 5.89 Å². The van der Waals surface area contributed by atoms with Gasteiger partial charge in [-0.1, -0.05) is 29.3 Å². The van der Waals surface area contributed by atoms with Crippen LogP contribution < -0.4 is 4.74 Å². The van der Waals surface area contributed by atoms with E-state index < -0.39 is 0 Å². The molecular formula is C10H8Cl2N2O2. The van der Waals surface area contributed by atoms with Gasteiger partial charge in [0.05, 0.1) is 5.02 Å². The van der Waals surface area contributed by atoms with Crippen LogP contribution >= 0.6 is 23.2 Å². The van der Waals surface area contributed by atoms with E-state index in [-0.39, 0.29) is 6.61 Å². The largest absolute Gasteiger partial charge is 0.482 e. The molecule has 0 saturated heterocycles. The summed E-state index contributed by atoms with van der Waals surface area (Å²) in [5.41, 5.74) is 0. The van der Waals surface area contributed by atoms with E-state index in [0.29, 0.717) is 27.6 Å². The van der Waals surface area contributed by atoms with E-state index in [4.69, 9.17) is 32.4 Å². The number of aryl methyl sites for hydroxylation is 1. The van der Waals surface area contributed by atoms with Crippen molar-refractivity contribution in [1.82, 2.24) is 10.2 Å². The monoisotopic (exact) mass is 258 g/mol. The average molecular weight is 259 g/mol. The van der Waals surface area contributed by atoms with Crippen LogP contribution in [0.3, 0.4) is 0 Å². The van der Waals surface area contributed by atoms with E-state index in [1.807, 2.05) is 0 Å². The predicted molar refractivity (Wildman–Crippen MR) is 59.8 cm³/mol. The quantitative estimate of drug-likeness (QED) is 0.848. The molecule has 0 aliphatic heterocycles. The first-order valence-corrected chi connectivity index (χ1v) is 5.28. The fourth-order valence-corrected chi connectivity index (χ4v) is 1.48. The Hall–Kier alpha value is -1.26. The summed E-state index contributed by atoms with van der Waals surface area (Å²) in [7, 11) is 0. The SMILES string of the molecule is Cc1nnc(COc2cccc(Cl)c2Cl)o1. The molecule has 2 aromatic rings. The number of aromatic nitrogens is 2. The Morgan fingerprint density at radius 1 is 1.31 bits per heavy atom. The third kappa shape index (κ3) is 2.46. The molecule has 4 nitrogen and oxygen atoms in total. The summed E-state index contributed by atoms with van der Waals surface area (Å²) in [4.78, 5) is 0. The minimum atomic E-state index is 0.168. The lowest BCUT2D eigenvalue weighted by molar-refractivity contribution is 0.260. The highest BCUT2D eigenvalue weighted by atomic mass is 35.5. The first kappa shape index (κ1) is 11.2. The molecule has 1 aromatic heterocycles. The van der Waals surface area contributed by atoms with Gasteiger partial charge in [0.15, 0.2) is 6.61 Å². The number of ether oxygens (including phenoxy) is 1. The van der Waals surface area contributed by atoms with Gasteiger partial charge in [-0.05, 0) is 12.1 Å². The highest BCUT2D eigenvalue weighted by molar-refractivity contribution is 6.42. The summed E-state index contributed by atoms with van der Waals surface area (Å²) in [6, 6.07) is 5.16. The van der Waals surface area contributed by atoms with Gasteiger partial charge in [0.25, 0.3) is 5.89 Å². The van der Waals surface area contributed by atoms with Crippen LogP contribution in [0, 0.1) is 6.92 Å². The molecule has 0 spiro atoms. The molecule has 0 aliphatic carbocycles. The fourth-order valence-electron chi connectivity index (χ4n) is 1.13. The second kappa shape index (κ2) is 4.72. The number of benzene rings is 1. The lowest BCUT2D eigenvalue weighted by Crippen LogP contribution is -1.96. The van der Waals surface area contributed by atoms with Crippen LogP contribution in [0.15, 0.2) is 22.6 Å². The maximum Gasteiger partial charge on any atom is 0.253 e. The second-order valence-corrected chi connectivity index (χ2v) is 3.84. The van der Waals surface area contributed by atoms with E-state index in [2.05, 4.69) is 10.2 Å². The highest BCUT2D eigenvalue weighted by Gasteiger charge is 2.08. The third-order valence-corrected chi connectivity index (χ3v) is 2.64. The van der Waals surface area contributed by atoms with E-state index in [0.717, 1.165) is 0 Å². The Balaban J connectivity index is 2.07. The van der Waals surface area contributed by atoms with E-state index in [9.17, 15) is 0 Å². The average Bonchev–Trinajstić information content (AvgIpc) is 2.67.